The van der Waals surface area contributed by atoms with Crippen LogP contribution in [0.1, 0.15) is 45.4 Å². The number of benzene rings is 1. The molecule has 2 rings (SSSR count). The molecule has 1 aromatic heterocycles. The molecule has 1 atom stereocenters. The van der Waals surface area contributed by atoms with E-state index in [9.17, 15) is 9.59 Å². The van der Waals surface area contributed by atoms with Crippen molar-refractivity contribution in [3.05, 3.63) is 59.2 Å². The molecule has 0 fully saturated rings. The third-order valence-electron chi connectivity index (χ3n) is 3.52. The standard InChI is InChI=1S/C10H17N3.C8H6O4.CO2/c1-8(11-3)4-5-10-7-12-9(2)6-13-10;9-7(10)5-2-1-3-6(4-5)8(11)12;2-1-3/h6-8,11H,4-5H2,1-3H3;1-4H,(H,9,10)(H,11,12);/t8-;;/m0../s1. The van der Waals surface area contributed by atoms with Crippen molar-refractivity contribution < 1.29 is 29.4 Å². The molecule has 28 heavy (non-hydrogen) atoms. The lowest BCUT2D eigenvalue weighted by Crippen LogP contribution is -2.21. The molecule has 0 saturated carbocycles. The Bertz CT molecular complexity index is 757. The third-order valence-corrected chi connectivity index (χ3v) is 3.52. The summed E-state index contributed by atoms with van der Waals surface area (Å²) in [5.41, 5.74) is 2.02. The molecule has 0 aliphatic rings. The Labute approximate surface area is 162 Å². The highest BCUT2D eigenvalue weighted by atomic mass is 16.4. The molecule has 0 aliphatic heterocycles. The largest absolute Gasteiger partial charge is 0.478 e. The maximum Gasteiger partial charge on any atom is 0.373 e. The summed E-state index contributed by atoms with van der Waals surface area (Å²) in [7, 11) is 1.98. The second kappa shape index (κ2) is 13.7. The van der Waals surface area contributed by atoms with Gasteiger partial charge in [-0.3, -0.25) is 9.97 Å². The van der Waals surface area contributed by atoms with E-state index in [4.69, 9.17) is 19.8 Å². The van der Waals surface area contributed by atoms with Crippen LogP contribution in [0.3, 0.4) is 0 Å². The number of nitrogens with one attached hydrogen (secondary N) is 1. The van der Waals surface area contributed by atoms with Crippen LogP contribution in [-0.2, 0) is 16.0 Å². The molecule has 1 aromatic carbocycles. The summed E-state index contributed by atoms with van der Waals surface area (Å²) in [5, 5.41) is 20.2. The summed E-state index contributed by atoms with van der Waals surface area (Å²) in [5.74, 6) is -2.25. The number of aromatic nitrogens is 2. The minimum atomic E-state index is -1.13. The van der Waals surface area contributed by atoms with E-state index in [2.05, 4.69) is 22.2 Å². The van der Waals surface area contributed by atoms with Crippen LogP contribution in [0.4, 0.5) is 0 Å². The van der Waals surface area contributed by atoms with Crippen molar-refractivity contribution in [2.75, 3.05) is 7.05 Å². The maximum atomic E-state index is 10.4. The molecular weight excluding hydrogens is 366 g/mol. The fourth-order valence-electron chi connectivity index (χ4n) is 1.84. The number of carboxylic acids is 2. The van der Waals surface area contributed by atoms with E-state index in [0.717, 1.165) is 30.3 Å². The quantitative estimate of drug-likeness (QED) is 0.673. The third kappa shape index (κ3) is 10.5. The van der Waals surface area contributed by atoms with Crippen LogP contribution >= 0.6 is 0 Å². The van der Waals surface area contributed by atoms with Gasteiger partial charge in [0.25, 0.3) is 0 Å². The molecule has 0 unspecified atom stereocenters. The van der Waals surface area contributed by atoms with Crippen molar-refractivity contribution in [1.82, 2.24) is 15.3 Å². The van der Waals surface area contributed by atoms with Gasteiger partial charge in [0, 0.05) is 18.4 Å². The Morgan fingerprint density at radius 1 is 1.11 bits per heavy atom. The van der Waals surface area contributed by atoms with Crippen LogP contribution in [0.25, 0.3) is 0 Å². The molecule has 150 valence electrons. The molecule has 0 aliphatic carbocycles. The monoisotopic (exact) mass is 389 g/mol. The maximum absolute atomic E-state index is 10.4. The summed E-state index contributed by atoms with van der Waals surface area (Å²) in [4.78, 5) is 45.5. The zero-order valence-corrected chi connectivity index (χ0v) is 15.9. The number of carboxylic acid groups (broad SMARTS) is 2. The van der Waals surface area contributed by atoms with Crippen molar-refractivity contribution in [3.8, 4) is 0 Å². The molecule has 9 nitrogen and oxygen atoms in total. The molecule has 0 amide bonds. The highest BCUT2D eigenvalue weighted by Crippen LogP contribution is 2.04. The van der Waals surface area contributed by atoms with Crippen LogP contribution in [0.2, 0.25) is 0 Å². The molecule has 0 saturated heterocycles. The summed E-state index contributed by atoms with van der Waals surface area (Å²) < 4.78 is 0. The molecule has 0 radical (unpaired) electrons. The lowest BCUT2D eigenvalue weighted by molar-refractivity contribution is -0.191. The lowest BCUT2D eigenvalue weighted by Gasteiger charge is -2.08. The number of carbonyl (C=O) groups is 2. The summed E-state index contributed by atoms with van der Waals surface area (Å²) >= 11 is 0. The molecule has 2 aromatic rings. The summed E-state index contributed by atoms with van der Waals surface area (Å²) in [6.45, 7) is 4.12. The van der Waals surface area contributed by atoms with Crippen LogP contribution in [0.15, 0.2) is 36.7 Å². The van der Waals surface area contributed by atoms with Gasteiger partial charge >= 0.3 is 18.1 Å². The van der Waals surface area contributed by atoms with Gasteiger partial charge in [-0.25, -0.2) is 9.59 Å². The van der Waals surface area contributed by atoms with Gasteiger partial charge in [0.2, 0.25) is 0 Å². The molecule has 1 heterocycles. The van der Waals surface area contributed by atoms with E-state index >= 15 is 0 Å². The SMILES string of the molecule is CN[C@@H](C)CCc1cnc(C)cn1.O=C(O)c1cccc(C(=O)O)c1.O=C=O. The van der Waals surface area contributed by atoms with E-state index in [1.807, 2.05) is 26.4 Å². The normalized spacial score (nSPS) is 10.2. The Morgan fingerprint density at radius 3 is 2.04 bits per heavy atom. The van der Waals surface area contributed by atoms with E-state index in [0.29, 0.717) is 6.04 Å². The summed E-state index contributed by atoms with van der Waals surface area (Å²) in [6, 6.07) is 5.74. The van der Waals surface area contributed by atoms with Crippen molar-refractivity contribution in [1.29, 1.82) is 0 Å². The smallest absolute Gasteiger partial charge is 0.373 e. The Hall–Kier alpha value is -3.42. The first-order chi connectivity index (χ1) is 13.2. The number of aryl methyl sites for hydroxylation is 2. The van der Waals surface area contributed by atoms with E-state index in [-0.39, 0.29) is 17.3 Å². The van der Waals surface area contributed by atoms with E-state index in [1.165, 1.54) is 18.2 Å². The minimum Gasteiger partial charge on any atom is -0.478 e. The number of nitrogens with zero attached hydrogens (tertiary/aromatic N) is 2. The van der Waals surface area contributed by atoms with Gasteiger partial charge in [-0.1, -0.05) is 6.07 Å². The van der Waals surface area contributed by atoms with Gasteiger partial charge in [0.15, 0.2) is 0 Å². The van der Waals surface area contributed by atoms with Gasteiger partial charge in [0.1, 0.15) is 0 Å². The van der Waals surface area contributed by atoms with Crippen molar-refractivity contribution in [2.45, 2.75) is 32.7 Å². The van der Waals surface area contributed by atoms with E-state index < -0.39 is 11.9 Å². The van der Waals surface area contributed by atoms with Crippen LogP contribution < -0.4 is 5.32 Å². The van der Waals surface area contributed by atoms with Gasteiger partial charge in [-0.2, -0.15) is 9.59 Å². The van der Waals surface area contributed by atoms with Gasteiger partial charge in [-0.15, -0.1) is 0 Å². The Balaban J connectivity index is 0.000000458. The zero-order valence-electron chi connectivity index (χ0n) is 15.9. The van der Waals surface area contributed by atoms with Crippen molar-refractivity contribution >= 4 is 18.1 Å². The van der Waals surface area contributed by atoms with Gasteiger partial charge in [0.05, 0.1) is 22.5 Å². The second-order valence-electron chi connectivity index (χ2n) is 5.65. The first-order valence-electron chi connectivity index (χ1n) is 8.25. The molecule has 9 heteroatoms. The highest BCUT2D eigenvalue weighted by Gasteiger charge is 2.06. The molecular formula is C19H23N3O6. The van der Waals surface area contributed by atoms with Crippen LogP contribution in [-0.4, -0.2) is 51.4 Å². The second-order valence-corrected chi connectivity index (χ2v) is 5.65. The van der Waals surface area contributed by atoms with Crippen molar-refractivity contribution in [2.24, 2.45) is 0 Å². The topological polar surface area (TPSA) is 147 Å². The fourth-order valence-corrected chi connectivity index (χ4v) is 1.84. The molecule has 0 spiro atoms. The fraction of sp³-hybridized carbons (Fsp3) is 0.316. The molecule has 3 N–H and O–H groups in total. The number of hydrogen-bond acceptors (Lipinski definition) is 7. The van der Waals surface area contributed by atoms with Gasteiger partial charge < -0.3 is 15.5 Å². The average molecular weight is 389 g/mol. The Morgan fingerprint density at radius 2 is 1.64 bits per heavy atom. The lowest BCUT2D eigenvalue weighted by atomic mass is 10.1. The number of hydrogen-bond donors (Lipinski definition) is 3. The average Bonchev–Trinajstić information content (AvgIpc) is 2.68. The molecule has 0 bridgehead atoms. The minimum absolute atomic E-state index is 0.0186. The van der Waals surface area contributed by atoms with Gasteiger partial charge in [-0.05, 0) is 51.9 Å². The highest BCUT2D eigenvalue weighted by molar-refractivity contribution is 5.93. The van der Waals surface area contributed by atoms with Crippen LogP contribution in [0, 0.1) is 6.92 Å². The van der Waals surface area contributed by atoms with Crippen LogP contribution in [0.5, 0.6) is 0 Å². The first-order valence-corrected chi connectivity index (χ1v) is 8.25. The first kappa shape index (κ1) is 24.6. The predicted molar refractivity (Wildman–Crippen MR) is 99.0 cm³/mol. The van der Waals surface area contributed by atoms with Crippen molar-refractivity contribution in [3.63, 3.8) is 0 Å². The number of rotatable bonds is 6. The van der Waals surface area contributed by atoms with E-state index in [1.54, 1.807) is 0 Å². The zero-order chi connectivity index (χ0) is 21.5. The number of aromatic carboxylic acids is 2. The Kier molecular flexibility index (Phi) is 12.1. The number of carbonyl (C=O) groups excluding carboxylic acids is 2. The summed E-state index contributed by atoms with van der Waals surface area (Å²) in [6.07, 6.45) is 6.03. The predicted octanol–water partition coefficient (Wildman–Crippen LogP) is 1.83.